The Morgan fingerprint density at radius 1 is 1.29 bits per heavy atom. The highest BCUT2D eigenvalue weighted by Gasteiger charge is 2.02. The molecule has 0 aliphatic rings. The maximum Gasteiger partial charge on any atom is 0.138 e. The molecule has 3 heteroatoms. The van der Waals surface area contributed by atoms with Crippen molar-refractivity contribution >= 4 is 0 Å². The second-order valence-electron chi connectivity index (χ2n) is 4.85. The van der Waals surface area contributed by atoms with Crippen LogP contribution in [0.5, 0.6) is 5.75 Å². The molecule has 0 bridgehead atoms. The molecule has 1 unspecified atom stereocenters. The first-order valence-electron chi connectivity index (χ1n) is 6.44. The van der Waals surface area contributed by atoms with Crippen LogP contribution in [-0.2, 0) is 6.54 Å². The van der Waals surface area contributed by atoms with Crippen molar-refractivity contribution in [3.05, 3.63) is 24.0 Å². The lowest BCUT2D eigenvalue weighted by molar-refractivity contribution is 0.216. The number of ether oxygens (including phenoxy) is 1. The summed E-state index contributed by atoms with van der Waals surface area (Å²) in [4.78, 5) is 4.38. The lowest BCUT2D eigenvalue weighted by Crippen LogP contribution is -2.19. The van der Waals surface area contributed by atoms with Crippen molar-refractivity contribution < 1.29 is 4.74 Å². The molecule has 0 aromatic carbocycles. The van der Waals surface area contributed by atoms with Gasteiger partial charge in [-0.25, -0.2) is 0 Å². The normalized spacial score (nSPS) is 12.8. The highest BCUT2D eigenvalue weighted by molar-refractivity contribution is 5.20. The number of pyridine rings is 1. The second-order valence-corrected chi connectivity index (χ2v) is 4.85. The van der Waals surface area contributed by atoms with Crippen LogP contribution in [0.2, 0.25) is 0 Å². The van der Waals surface area contributed by atoms with Crippen LogP contribution in [0, 0.1) is 5.92 Å². The van der Waals surface area contributed by atoms with Gasteiger partial charge in [0.2, 0.25) is 0 Å². The Kier molecular flexibility index (Phi) is 5.98. The predicted molar refractivity (Wildman–Crippen MR) is 71.2 cm³/mol. The summed E-state index contributed by atoms with van der Waals surface area (Å²) in [6, 6.07) is 4.01. The molecular formula is C14H24N2O. The molecule has 3 nitrogen and oxygen atoms in total. The van der Waals surface area contributed by atoms with Gasteiger partial charge in [-0.2, -0.15) is 0 Å². The van der Waals surface area contributed by atoms with E-state index in [1.54, 1.807) is 6.20 Å². The zero-order valence-corrected chi connectivity index (χ0v) is 11.4. The third kappa shape index (κ3) is 5.68. The summed E-state index contributed by atoms with van der Waals surface area (Å²) in [5.74, 6) is 1.52. The summed E-state index contributed by atoms with van der Waals surface area (Å²) in [6.45, 7) is 10.4. The van der Waals surface area contributed by atoms with E-state index in [9.17, 15) is 0 Å². The average molecular weight is 236 g/mol. The van der Waals surface area contributed by atoms with Gasteiger partial charge in [-0.05, 0) is 37.9 Å². The Labute approximate surface area is 105 Å². The molecule has 1 atom stereocenters. The fourth-order valence-corrected chi connectivity index (χ4v) is 1.39. The van der Waals surface area contributed by atoms with Crippen LogP contribution in [0.4, 0.5) is 0 Å². The molecule has 1 N–H and O–H groups in total. The topological polar surface area (TPSA) is 34.1 Å². The van der Waals surface area contributed by atoms with Gasteiger partial charge in [0.1, 0.15) is 5.75 Å². The van der Waals surface area contributed by atoms with Crippen LogP contribution in [0.3, 0.4) is 0 Å². The van der Waals surface area contributed by atoms with Crippen molar-refractivity contribution in [2.75, 3.05) is 6.54 Å². The summed E-state index contributed by atoms with van der Waals surface area (Å²) < 4.78 is 5.68. The van der Waals surface area contributed by atoms with E-state index >= 15 is 0 Å². The summed E-state index contributed by atoms with van der Waals surface area (Å²) in [5.41, 5.74) is 1.06. The lowest BCUT2D eigenvalue weighted by atomic mass is 10.2. The van der Waals surface area contributed by atoms with E-state index in [2.05, 4.69) is 38.0 Å². The summed E-state index contributed by atoms with van der Waals surface area (Å²) in [7, 11) is 0. The molecule has 0 aliphatic carbocycles. The van der Waals surface area contributed by atoms with Crippen molar-refractivity contribution in [2.45, 2.75) is 46.8 Å². The minimum absolute atomic E-state index is 0.252. The maximum atomic E-state index is 5.68. The first-order valence-corrected chi connectivity index (χ1v) is 6.44. The van der Waals surface area contributed by atoms with Gasteiger partial charge < -0.3 is 10.1 Å². The quantitative estimate of drug-likeness (QED) is 0.790. The number of nitrogens with one attached hydrogen (secondary N) is 1. The zero-order valence-electron chi connectivity index (χ0n) is 11.4. The standard InChI is InChI=1S/C14H24N2O/c1-5-12(4)17-14-7-6-13(16-10-14)9-15-8-11(2)3/h6-7,10-12,15H,5,8-9H2,1-4H3. The van der Waals surface area contributed by atoms with Crippen molar-refractivity contribution in [1.82, 2.24) is 10.3 Å². The van der Waals surface area contributed by atoms with E-state index in [-0.39, 0.29) is 6.10 Å². The first kappa shape index (κ1) is 14.0. The zero-order chi connectivity index (χ0) is 12.7. The Morgan fingerprint density at radius 2 is 2.06 bits per heavy atom. The summed E-state index contributed by atoms with van der Waals surface area (Å²) >= 11 is 0. The highest BCUT2D eigenvalue weighted by atomic mass is 16.5. The predicted octanol–water partition coefficient (Wildman–Crippen LogP) is 3.00. The number of hydrogen-bond donors (Lipinski definition) is 1. The number of hydrogen-bond acceptors (Lipinski definition) is 3. The second kappa shape index (κ2) is 7.28. The van der Waals surface area contributed by atoms with Crippen molar-refractivity contribution in [3.8, 4) is 5.75 Å². The van der Waals surface area contributed by atoms with Crippen molar-refractivity contribution in [1.29, 1.82) is 0 Å². The first-order chi connectivity index (χ1) is 8.11. The van der Waals surface area contributed by atoms with Gasteiger partial charge in [-0.3, -0.25) is 4.98 Å². The van der Waals surface area contributed by atoms with Crippen LogP contribution in [-0.4, -0.2) is 17.6 Å². The monoisotopic (exact) mass is 236 g/mol. The van der Waals surface area contributed by atoms with E-state index in [0.717, 1.165) is 31.0 Å². The Balaban J connectivity index is 2.39. The van der Waals surface area contributed by atoms with Crippen molar-refractivity contribution in [3.63, 3.8) is 0 Å². The highest BCUT2D eigenvalue weighted by Crippen LogP contribution is 2.12. The Hall–Kier alpha value is -1.09. The van der Waals surface area contributed by atoms with Crippen LogP contribution < -0.4 is 10.1 Å². The average Bonchev–Trinajstić information content (AvgIpc) is 2.31. The lowest BCUT2D eigenvalue weighted by Gasteiger charge is -2.12. The molecule has 1 rings (SSSR count). The van der Waals surface area contributed by atoms with Gasteiger partial charge in [-0.15, -0.1) is 0 Å². The molecule has 0 spiro atoms. The smallest absolute Gasteiger partial charge is 0.138 e. The van der Waals surface area contributed by atoms with Crippen LogP contribution >= 0.6 is 0 Å². The van der Waals surface area contributed by atoms with E-state index in [1.165, 1.54) is 0 Å². The van der Waals surface area contributed by atoms with Gasteiger partial charge >= 0.3 is 0 Å². The number of rotatable bonds is 7. The third-order valence-corrected chi connectivity index (χ3v) is 2.57. The number of aromatic nitrogens is 1. The van der Waals surface area contributed by atoms with Gasteiger partial charge in [0.25, 0.3) is 0 Å². The minimum atomic E-state index is 0.252. The van der Waals surface area contributed by atoms with E-state index in [4.69, 9.17) is 4.74 Å². The number of nitrogens with zero attached hydrogens (tertiary/aromatic N) is 1. The maximum absolute atomic E-state index is 5.68. The van der Waals surface area contributed by atoms with Gasteiger partial charge in [0.15, 0.2) is 0 Å². The van der Waals surface area contributed by atoms with Crippen LogP contribution in [0.15, 0.2) is 18.3 Å². The molecule has 1 heterocycles. The van der Waals surface area contributed by atoms with Crippen LogP contribution in [0.1, 0.15) is 39.8 Å². The van der Waals surface area contributed by atoms with Gasteiger partial charge in [-0.1, -0.05) is 20.8 Å². The molecule has 1 aromatic heterocycles. The SMILES string of the molecule is CCC(C)Oc1ccc(CNCC(C)C)nc1. The van der Waals surface area contributed by atoms with Gasteiger partial charge in [0.05, 0.1) is 18.0 Å². The van der Waals surface area contributed by atoms with Gasteiger partial charge in [0, 0.05) is 6.54 Å². The molecule has 0 saturated heterocycles. The van der Waals surface area contributed by atoms with E-state index in [1.807, 2.05) is 12.1 Å². The van der Waals surface area contributed by atoms with E-state index < -0.39 is 0 Å². The molecule has 0 radical (unpaired) electrons. The van der Waals surface area contributed by atoms with Crippen molar-refractivity contribution in [2.24, 2.45) is 5.92 Å². The third-order valence-electron chi connectivity index (χ3n) is 2.57. The minimum Gasteiger partial charge on any atom is -0.489 e. The molecule has 0 amide bonds. The molecular weight excluding hydrogens is 212 g/mol. The van der Waals surface area contributed by atoms with E-state index in [0.29, 0.717) is 5.92 Å². The molecule has 0 aliphatic heterocycles. The fraction of sp³-hybridized carbons (Fsp3) is 0.643. The largest absolute Gasteiger partial charge is 0.489 e. The molecule has 0 saturated carbocycles. The summed E-state index contributed by atoms with van der Waals surface area (Å²) in [5, 5.41) is 3.37. The summed E-state index contributed by atoms with van der Waals surface area (Å²) in [6.07, 6.45) is 3.07. The molecule has 1 aromatic rings. The fourth-order valence-electron chi connectivity index (χ4n) is 1.39. The Bertz CT molecular complexity index is 309. The Morgan fingerprint density at radius 3 is 2.59 bits per heavy atom. The molecule has 17 heavy (non-hydrogen) atoms. The molecule has 0 fully saturated rings. The molecule has 96 valence electrons. The van der Waals surface area contributed by atoms with Crippen LogP contribution in [0.25, 0.3) is 0 Å².